The number of furan rings is 1. The lowest BCUT2D eigenvalue weighted by atomic mass is 9.80. The van der Waals surface area contributed by atoms with Crippen LogP contribution in [0.4, 0.5) is 17.1 Å². The van der Waals surface area contributed by atoms with E-state index in [0.29, 0.717) is 5.92 Å². The summed E-state index contributed by atoms with van der Waals surface area (Å²) >= 11 is 0. The lowest BCUT2D eigenvalue weighted by Gasteiger charge is -2.33. The van der Waals surface area contributed by atoms with Gasteiger partial charge in [0, 0.05) is 27.6 Å². The molecule has 1 saturated carbocycles. The van der Waals surface area contributed by atoms with Gasteiger partial charge in [-0.25, -0.2) is 0 Å². The Kier molecular flexibility index (Phi) is 9.12. The van der Waals surface area contributed by atoms with Crippen molar-refractivity contribution in [3.05, 3.63) is 162 Å². The number of anilines is 3. The Morgan fingerprint density at radius 3 is 1.80 bits per heavy atom. The fraction of sp³-hybridized carbons (Fsp3) is 0.259. The van der Waals surface area contributed by atoms with Crippen molar-refractivity contribution < 1.29 is 4.42 Å². The molecule has 1 heterocycles. The van der Waals surface area contributed by atoms with Crippen molar-refractivity contribution in [2.75, 3.05) is 4.90 Å². The maximum absolute atomic E-state index is 6.29. The molecule has 1 aliphatic rings. The number of nitrogens with zero attached hydrogens (tertiary/aromatic N) is 1. The summed E-state index contributed by atoms with van der Waals surface area (Å²) in [7, 11) is 0. The topological polar surface area (TPSA) is 16.4 Å². The van der Waals surface area contributed by atoms with Gasteiger partial charge in [0.15, 0.2) is 0 Å². The van der Waals surface area contributed by atoms with Crippen LogP contribution in [0.1, 0.15) is 96.3 Å². The molecular formula is C54H53NO. The lowest BCUT2D eigenvalue weighted by molar-refractivity contribution is 0.445. The van der Waals surface area contributed by atoms with E-state index in [1.54, 1.807) is 0 Å². The van der Waals surface area contributed by atoms with Crippen molar-refractivity contribution in [2.45, 2.75) is 90.4 Å². The van der Waals surface area contributed by atoms with Gasteiger partial charge >= 0.3 is 0 Å². The van der Waals surface area contributed by atoms with Crippen molar-refractivity contribution in [3.63, 3.8) is 0 Å². The summed E-state index contributed by atoms with van der Waals surface area (Å²) in [6, 6.07) is 54.3. The van der Waals surface area contributed by atoms with Crippen molar-refractivity contribution in [1.82, 2.24) is 0 Å². The molecule has 0 unspecified atom stereocenters. The summed E-state index contributed by atoms with van der Waals surface area (Å²) in [5, 5.41) is 4.99. The minimum absolute atomic E-state index is 0.0430. The van der Waals surface area contributed by atoms with E-state index in [9.17, 15) is 0 Å². The van der Waals surface area contributed by atoms with E-state index >= 15 is 0 Å². The molecule has 0 radical (unpaired) electrons. The van der Waals surface area contributed by atoms with Gasteiger partial charge in [-0.3, -0.25) is 0 Å². The van der Waals surface area contributed by atoms with Crippen LogP contribution >= 0.6 is 0 Å². The zero-order valence-corrected chi connectivity index (χ0v) is 33.8. The normalized spacial score (nSPS) is 14.2. The van der Waals surface area contributed by atoms with Crippen LogP contribution in [-0.4, -0.2) is 0 Å². The number of fused-ring (bicyclic) bond motifs is 4. The zero-order chi connectivity index (χ0) is 38.6. The van der Waals surface area contributed by atoms with E-state index in [1.165, 1.54) is 87.6 Å². The highest BCUT2D eigenvalue weighted by Crippen LogP contribution is 2.49. The monoisotopic (exact) mass is 731 g/mol. The van der Waals surface area contributed by atoms with Crippen molar-refractivity contribution in [2.24, 2.45) is 0 Å². The third-order valence-electron chi connectivity index (χ3n) is 12.2. The van der Waals surface area contributed by atoms with Crippen molar-refractivity contribution >= 4 is 49.8 Å². The molecule has 0 amide bonds. The highest BCUT2D eigenvalue weighted by Gasteiger charge is 2.27. The van der Waals surface area contributed by atoms with E-state index in [0.717, 1.165) is 33.2 Å². The van der Waals surface area contributed by atoms with E-state index in [1.807, 2.05) is 6.07 Å². The van der Waals surface area contributed by atoms with Gasteiger partial charge < -0.3 is 9.32 Å². The molecule has 0 atom stereocenters. The highest BCUT2D eigenvalue weighted by atomic mass is 16.3. The predicted octanol–water partition coefficient (Wildman–Crippen LogP) is 16.2. The van der Waals surface area contributed by atoms with Gasteiger partial charge in [-0.1, -0.05) is 164 Å². The first-order chi connectivity index (χ1) is 27.0. The molecule has 56 heavy (non-hydrogen) atoms. The van der Waals surface area contributed by atoms with Crippen LogP contribution in [0.25, 0.3) is 55.0 Å². The standard InChI is InChI=1S/C54H53NO/c1-53(2,3)39-33-40(54(4,5)6)35-41(34-39)55(48-27-13-10-22-42(48)38-30-31-51-47(32-38)45-24-12-15-29-50(45)56-51)49-28-14-11-23-44(49)46-26-17-21-37-20-16-25-43(52(37)46)36-18-8-7-9-19-36/h10-17,20-36H,7-9,18-19H2,1-6H3. The second-order valence-electron chi connectivity index (χ2n) is 18.0. The van der Waals surface area contributed by atoms with Crippen LogP contribution in [0.15, 0.2) is 150 Å². The maximum Gasteiger partial charge on any atom is 0.135 e. The Balaban J connectivity index is 1.33. The smallest absolute Gasteiger partial charge is 0.135 e. The Morgan fingerprint density at radius 2 is 1.09 bits per heavy atom. The Morgan fingerprint density at radius 1 is 0.500 bits per heavy atom. The van der Waals surface area contributed by atoms with Crippen molar-refractivity contribution in [1.29, 1.82) is 0 Å². The fourth-order valence-corrected chi connectivity index (χ4v) is 9.07. The Hall–Kier alpha value is -5.60. The number of benzene rings is 7. The first-order valence-corrected chi connectivity index (χ1v) is 20.6. The summed E-state index contributed by atoms with van der Waals surface area (Å²) in [5.41, 5.74) is 14.3. The summed E-state index contributed by atoms with van der Waals surface area (Å²) < 4.78 is 6.29. The van der Waals surface area contributed by atoms with Gasteiger partial charge in [0.05, 0.1) is 11.4 Å². The summed E-state index contributed by atoms with van der Waals surface area (Å²) in [6.45, 7) is 14.0. The first kappa shape index (κ1) is 36.1. The first-order valence-electron chi connectivity index (χ1n) is 20.6. The molecular weight excluding hydrogens is 679 g/mol. The third kappa shape index (κ3) is 6.60. The number of hydrogen-bond donors (Lipinski definition) is 0. The minimum Gasteiger partial charge on any atom is -0.456 e. The molecule has 7 aromatic carbocycles. The van der Waals surface area contributed by atoms with Gasteiger partial charge in [0.2, 0.25) is 0 Å². The van der Waals surface area contributed by atoms with Gasteiger partial charge in [0.1, 0.15) is 11.2 Å². The maximum atomic E-state index is 6.29. The van der Waals surface area contributed by atoms with Crippen LogP contribution in [0, 0.1) is 0 Å². The molecule has 280 valence electrons. The van der Waals surface area contributed by atoms with Crippen LogP contribution in [-0.2, 0) is 10.8 Å². The second kappa shape index (κ2) is 14.2. The third-order valence-corrected chi connectivity index (χ3v) is 12.2. The highest BCUT2D eigenvalue weighted by molar-refractivity contribution is 6.08. The van der Waals surface area contributed by atoms with Crippen LogP contribution in [0.5, 0.6) is 0 Å². The molecule has 0 N–H and O–H groups in total. The average molecular weight is 732 g/mol. The second-order valence-corrected chi connectivity index (χ2v) is 18.0. The molecule has 0 bridgehead atoms. The average Bonchev–Trinajstić information content (AvgIpc) is 3.58. The van der Waals surface area contributed by atoms with Crippen LogP contribution in [0.3, 0.4) is 0 Å². The SMILES string of the molecule is CC(C)(C)c1cc(N(c2ccccc2-c2ccc3oc4ccccc4c3c2)c2ccccc2-c2cccc3cccc(C4CCCCC4)c23)cc(C(C)(C)C)c1. The molecule has 1 aromatic heterocycles. The molecule has 0 aliphatic heterocycles. The Bertz CT molecular complexity index is 2670. The quantitative estimate of drug-likeness (QED) is 0.169. The predicted molar refractivity (Wildman–Crippen MR) is 240 cm³/mol. The van der Waals surface area contributed by atoms with Gasteiger partial charge in [-0.2, -0.15) is 0 Å². The van der Waals surface area contributed by atoms with E-state index < -0.39 is 0 Å². The van der Waals surface area contributed by atoms with Gasteiger partial charge in [-0.15, -0.1) is 0 Å². The van der Waals surface area contributed by atoms with Crippen LogP contribution in [0.2, 0.25) is 0 Å². The number of para-hydroxylation sites is 3. The molecule has 0 spiro atoms. The molecule has 9 rings (SSSR count). The van der Waals surface area contributed by atoms with Crippen LogP contribution < -0.4 is 4.90 Å². The summed E-state index contributed by atoms with van der Waals surface area (Å²) in [4.78, 5) is 2.55. The lowest BCUT2D eigenvalue weighted by Crippen LogP contribution is -2.19. The fourth-order valence-electron chi connectivity index (χ4n) is 9.07. The number of rotatable bonds is 6. The molecule has 2 nitrogen and oxygen atoms in total. The molecule has 0 saturated heterocycles. The number of hydrogen-bond acceptors (Lipinski definition) is 2. The minimum atomic E-state index is -0.0430. The van der Waals surface area contributed by atoms with Crippen molar-refractivity contribution in [3.8, 4) is 22.3 Å². The molecule has 2 heteroatoms. The molecule has 1 aliphatic carbocycles. The largest absolute Gasteiger partial charge is 0.456 e. The van der Waals surface area contributed by atoms with Gasteiger partial charge in [-0.05, 0) is 111 Å². The Labute approximate surface area is 332 Å². The molecule has 8 aromatic rings. The zero-order valence-electron chi connectivity index (χ0n) is 33.8. The summed E-state index contributed by atoms with van der Waals surface area (Å²) in [5.74, 6) is 0.587. The van der Waals surface area contributed by atoms with E-state index in [4.69, 9.17) is 4.42 Å². The van der Waals surface area contributed by atoms with Gasteiger partial charge in [0.25, 0.3) is 0 Å². The summed E-state index contributed by atoms with van der Waals surface area (Å²) in [6.07, 6.45) is 6.50. The van der Waals surface area contributed by atoms with E-state index in [2.05, 4.69) is 186 Å². The van der Waals surface area contributed by atoms with E-state index in [-0.39, 0.29) is 10.8 Å². The molecule has 1 fully saturated rings.